The third kappa shape index (κ3) is 1.74. The Morgan fingerprint density at radius 3 is 2.13 bits per heavy atom. The predicted molar refractivity (Wildman–Crippen MR) is 49.8 cm³/mol. The van der Waals surface area contributed by atoms with Crippen LogP contribution < -0.4 is 9.47 Å². The second-order valence-corrected chi connectivity index (χ2v) is 2.66. The summed E-state index contributed by atoms with van der Waals surface area (Å²) < 4.78 is 9.49. The number of hydrogen-bond donors (Lipinski definition) is 3. The lowest BCUT2D eigenvalue weighted by Gasteiger charge is -2.12. The molecule has 0 aliphatic rings. The van der Waals surface area contributed by atoms with Crippen LogP contribution in [-0.2, 0) is 0 Å². The smallest absolute Gasteiger partial charge is 0.339 e. The lowest BCUT2D eigenvalue weighted by Crippen LogP contribution is -2.00. The molecule has 0 unspecified atom stereocenters. The molecule has 0 atom stereocenters. The Bertz CT molecular complexity index is 398. The fourth-order valence-corrected chi connectivity index (χ4v) is 1.17. The van der Waals surface area contributed by atoms with E-state index in [1.54, 1.807) is 0 Å². The number of phenolic OH excluding ortho intramolecular Hbond substituents is 1. The number of ether oxygens (including phenoxy) is 2. The molecule has 0 heterocycles. The second kappa shape index (κ2) is 3.95. The van der Waals surface area contributed by atoms with E-state index in [9.17, 15) is 15.0 Å². The molecule has 1 rings (SSSR count). The van der Waals surface area contributed by atoms with Crippen LogP contribution in [0.15, 0.2) is 6.07 Å². The molecule has 6 heteroatoms. The first-order chi connectivity index (χ1) is 7.02. The zero-order valence-corrected chi connectivity index (χ0v) is 8.14. The number of carboxylic acid groups (broad SMARTS) is 1. The van der Waals surface area contributed by atoms with E-state index in [1.165, 1.54) is 14.2 Å². The minimum atomic E-state index is -1.37. The van der Waals surface area contributed by atoms with E-state index in [-0.39, 0.29) is 11.5 Å². The van der Waals surface area contributed by atoms with Gasteiger partial charge >= 0.3 is 5.97 Å². The number of benzene rings is 1. The zero-order valence-electron chi connectivity index (χ0n) is 8.14. The molecule has 0 saturated carbocycles. The van der Waals surface area contributed by atoms with Crippen molar-refractivity contribution in [2.45, 2.75) is 0 Å². The lowest BCUT2D eigenvalue weighted by molar-refractivity contribution is 0.0692. The maximum atomic E-state index is 10.7. The van der Waals surface area contributed by atoms with E-state index in [1.807, 2.05) is 0 Å². The number of hydrogen-bond acceptors (Lipinski definition) is 5. The molecule has 0 radical (unpaired) electrons. The van der Waals surface area contributed by atoms with E-state index < -0.39 is 23.0 Å². The van der Waals surface area contributed by atoms with Crippen LogP contribution in [0.3, 0.4) is 0 Å². The number of methoxy groups -OCH3 is 2. The molecule has 1 aromatic carbocycles. The topological polar surface area (TPSA) is 96.2 Å². The maximum absolute atomic E-state index is 10.7. The molecule has 82 valence electrons. The Hall–Kier alpha value is -2.11. The molecule has 15 heavy (non-hydrogen) atoms. The van der Waals surface area contributed by atoms with Crippen LogP contribution in [0.5, 0.6) is 23.0 Å². The summed E-state index contributed by atoms with van der Waals surface area (Å²) in [4.78, 5) is 10.7. The number of rotatable bonds is 3. The van der Waals surface area contributed by atoms with Gasteiger partial charge in [-0.05, 0) is 0 Å². The standard InChI is InChI=1S/C9H10O6/c1-14-7-5(10)3-4(9(12)13)6(11)8(7)15-2/h3,10-11H,1-2H3,(H,12,13). The van der Waals surface area contributed by atoms with Crippen molar-refractivity contribution in [2.24, 2.45) is 0 Å². The first kappa shape index (κ1) is 11.0. The average Bonchev–Trinajstić information content (AvgIpc) is 2.19. The second-order valence-electron chi connectivity index (χ2n) is 2.66. The molecule has 0 aliphatic carbocycles. The molecule has 0 bridgehead atoms. The Morgan fingerprint density at radius 2 is 1.73 bits per heavy atom. The minimum Gasteiger partial charge on any atom is -0.504 e. The first-order valence-electron chi connectivity index (χ1n) is 3.93. The minimum absolute atomic E-state index is 0.111. The molecule has 1 aromatic rings. The number of carbonyl (C=O) groups is 1. The van der Waals surface area contributed by atoms with Crippen molar-refractivity contribution in [1.82, 2.24) is 0 Å². The summed E-state index contributed by atoms with van der Waals surface area (Å²) in [6.07, 6.45) is 0. The molecule has 0 saturated heterocycles. The van der Waals surface area contributed by atoms with E-state index >= 15 is 0 Å². The summed E-state index contributed by atoms with van der Waals surface area (Å²) >= 11 is 0. The third-order valence-electron chi connectivity index (χ3n) is 1.83. The number of carboxylic acids is 1. The van der Waals surface area contributed by atoms with Crippen molar-refractivity contribution in [1.29, 1.82) is 0 Å². The molecular weight excluding hydrogens is 204 g/mol. The van der Waals surface area contributed by atoms with E-state index in [4.69, 9.17) is 14.6 Å². The normalized spacial score (nSPS) is 9.73. The van der Waals surface area contributed by atoms with Crippen LogP contribution in [0.1, 0.15) is 10.4 Å². The molecule has 0 fully saturated rings. The summed E-state index contributed by atoms with van der Waals surface area (Å²) in [6, 6.07) is 0.888. The van der Waals surface area contributed by atoms with Gasteiger partial charge in [-0.3, -0.25) is 0 Å². The first-order valence-corrected chi connectivity index (χ1v) is 3.93. The van der Waals surface area contributed by atoms with Gasteiger partial charge in [0.2, 0.25) is 11.5 Å². The van der Waals surface area contributed by atoms with Gasteiger partial charge in [0.1, 0.15) is 5.56 Å². The molecule has 0 aliphatic heterocycles. The van der Waals surface area contributed by atoms with Crippen molar-refractivity contribution in [3.63, 3.8) is 0 Å². The Balaban J connectivity index is 3.51. The van der Waals surface area contributed by atoms with E-state index in [0.29, 0.717) is 0 Å². The fraction of sp³-hybridized carbons (Fsp3) is 0.222. The lowest BCUT2D eigenvalue weighted by atomic mass is 10.1. The highest BCUT2D eigenvalue weighted by Gasteiger charge is 2.22. The highest BCUT2D eigenvalue weighted by Crippen LogP contribution is 2.45. The van der Waals surface area contributed by atoms with Gasteiger partial charge in [-0.2, -0.15) is 0 Å². The van der Waals surface area contributed by atoms with Crippen LogP contribution in [0.2, 0.25) is 0 Å². The number of phenols is 2. The van der Waals surface area contributed by atoms with Gasteiger partial charge < -0.3 is 24.8 Å². The molecule has 0 spiro atoms. The summed E-state index contributed by atoms with van der Waals surface area (Å²) in [5.41, 5.74) is -0.454. The largest absolute Gasteiger partial charge is 0.504 e. The fourth-order valence-electron chi connectivity index (χ4n) is 1.17. The highest BCUT2D eigenvalue weighted by atomic mass is 16.5. The summed E-state index contributed by atoms with van der Waals surface area (Å²) in [5, 5.41) is 27.6. The number of aromatic hydroxyl groups is 2. The molecule has 0 aromatic heterocycles. The average molecular weight is 214 g/mol. The Kier molecular flexibility index (Phi) is 2.89. The van der Waals surface area contributed by atoms with Crippen molar-refractivity contribution < 1.29 is 29.6 Å². The summed E-state index contributed by atoms with van der Waals surface area (Å²) in [5.74, 6) is -2.69. The van der Waals surface area contributed by atoms with Gasteiger partial charge in [0.25, 0.3) is 0 Å². The van der Waals surface area contributed by atoms with Crippen LogP contribution in [0.25, 0.3) is 0 Å². The summed E-state index contributed by atoms with van der Waals surface area (Å²) in [6.45, 7) is 0. The van der Waals surface area contributed by atoms with Crippen molar-refractivity contribution >= 4 is 5.97 Å². The van der Waals surface area contributed by atoms with Gasteiger partial charge in [0.15, 0.2) is 11.5 Å². The van der Waals surface area contributed by atoms with Crippen molar-refractivity contribution in [3.05, 3.63) is 11.6 Å². The van der Waals surface area contributed by atoms with Crippen LogP contribution in [-0.4, -0.2) is 35.5 Å². The Morgan fingerprint density at radius 1 is 1.20 bits per heavy atom. The third-order valence-corrected chi connectivity index (χ3v) is 1.83. The van der Waals surface area contributed by atoms with Crippen LogP contribution in [0.4, 0.5) is 0 Å². The van der Waals surface area contributed by atoms with Gasteiger partial charge in [0.05, 0.1) is 14.2 Å². The Labute approximate surface area is 85.3 Å². The monoisotopic (exact) mass is 214 g/mol. The number of aromatic carboxylic acids is 1. The van der Waals surface area contributed by atoms with Gasteiger partial charge in [-0.15, -0.1) is 0 Å². The van der Waals surface area contributed by atoms with E-state index in [0.717, 1.165) is 6.07 Å². The highest BCUT2D eigenvalue weighted by molar-refractivity contribution is 5.93. The molecular formula is C9H10O6. The molecule has 0 amide bonds. The quantitative estimate of drug-likeness (QED) is 0.644. The van der Waals surface area contributed by atoms with Gasteiger partial charge in [-0.1, -0.05) is 0 Å². The molecule has 3 N–H and O–H groups in total. The van der Waals surface area contributed by atoms with Crippen molar-refractivity contribution in [2.75, 3.05) is 14.2 Å². The SMILES string of the molecule is COc1c(O)cc(C(=O)O)c(O)c1OC. The predicted octanol–water partition coefficient (Wildman–Crippen LogP) is 0.813. The maximum Gasteiger partial charge on any atom is 0.339 e. The van der Waals surface area contributed by atoms with E-state index in [2.05, 4.69) is 0 Å². The van der Waals surface area contributed by atoms with Gasteiger partial charge in [-0.25, -0.2) is 4.79 Å². The van der Waals surface area contributed by atoms with Gasteiger partial charge in [0, 0.05) is 6.07 Å². The van der Waals surface area contributed by atoms with Crippen molar-refractivity contribution in [3.8, 4) is 23.0 Å². The van der Waals surface area contributed by atoms with Crippen LogP contribution >= 0.6 is 0 Å². The summed E-state index contributed by atoms with van der Waals surface area (Å²) in [7, 11) is 2.49. The zero-order chi connectivity index (χ0) is 11.6. The molecule has 6 nitrogen and oxygen atoms in total. The van der Waals surface area contributed by atoms with Crippen LogP contribution in [0, 0.1) is 0 Å².